The second-order valence-electron chi connectivity index (χ2n) is 7.58. The van der Waals surface area contributed by atoms with Crippen molar-refractivity contribution in [3.8, 4) is 17.6 Å². The lowest BCUT2D eigenvalue weighted by molar-refractivity contribution is 0.301. The molecule has 0 unspecified atom stereocenters. The van der Waals surface area contributed by atoms with Crippen LogP contribution >= 0.6 is 10.2 Å². The molecule has 4 aromatic rings. The molecule has 2 aromatic carbocycles. The molecule has 2 aromatic heterocycles. The van der Waals surface area contributed by atoms with E-state index in [9.17, 15) is 19.4 Å². The summed E-state index contributed by atoms with van der Waals surface area (Å²) in [5.74, 6) is 6.91. The Kier molecular flexibility index (Phi) is 6.36. The molecule has 0 amide bonds. The van der Waals surface area contributed by atoms with E-state index in [1.165, 1.54) is 18.4 Å². The zero-order valence-corrected chi connectivity index (χ0v) is 19.3. The van der Waals surface area contributed by atoms with Gasteiger partial charge in [0.15, 0.2) is 0 Å². The summed E-state index contributed by atoms with van der Waals surface area (Å²) in [6, 6.07) is 9.81. The quantitative estimate of drug-likeness (QED) is 0.182. The van der Waals surface area contributed by atoms with Crippen LogP contribution in [0.5, 0.6) is 5.75 Å². The Morgan fingerprint density at radius 1 is 0.972 bits per heavy atom. The summed E-state index contributed by atoms with van der Waals surface area (Å²) in [5, 5.41) is 7.60. The van der Waals surface area contributed by atoms with Crippen LogP contribution in [0.25, 0.3) is 12.2 Å². The van der Waals surface area contributed by atoms with Gasteiger partial charge in [0.2, 0.25) is 5.89 Å². The normalized spacial score (nSPS) is 13.6. The van der Waals surface area contributed by atoms with Gasteiger partial charge >= 0.3 is 10.2 Å². The van der Waals surface area contributed by atoms with E-state index in [-0.39, 0.29) is 18.1 Å². The van der Waals surface area contributed by atoms with Crippen molar-refractivity contribution in [2.24, 2.45) is 0 Å². The van der Waals surface area contributed by atoms with Crippen LogP contribution in [0, 0.1) is 11.8 Å². The van der Waals surface area contributed by atoms with E-state index in [4.69, 9.17) is 9.15 Å². The number of hydrogen-bond acceptors (Lipinski definition) is 5. The van der Waals surface area contributed by atoms with E-state index < -0.39 is 15.1 Å². The molecule has 0 radical (unpaired) electrons. The number of aryl methyl sites for hydroxylation is 1. The molecule has 0 saturated carbocycles. The van der Waals surface area contributed by atoms with Crippen LogP contribution < -0.4 is 4.74 Å². The van der Waals surface area contributed by atoms with Crippen molar-refractivity contribution in [1.82, 2.24) is 20.0 Å². The van der Waals surface area contributed by atoms with Crippen LogP contribution in [-0.4, -0.2) is 20.0 Å². The molecule has 0 saturated heterocycles. The minimum absolute atomic E-state index is 0.124. The average molecular weight is 522 g/mol. The summed E-state index contributed by atoms with van der Waals surface area (Å²) in [6.45, 7) is 0.784. The molecule has 4 rings (SSSR count). The smallest absolute Gasteiger partial charge is 0.310 e. The number of ether oxygens (including phenoxy) is 1. The Hall–Kier alpha value is -4.11. The topological polar surface area (TPSA) is 66.0 Å². The van der Waals surface area contributed by atoms with E-state index in [0.29, 0.717) is 36.5 Å². The van der Waals surface area contributed by atoms with Gasteiger partial charge in [0.1, 0.15) is 29.2 Å². The molecular weight excluding hydrogens is 503 g/mol. The van der Waals surface area contributed by atoms with Gasteiger partial charge in [0.25, 0.3) is 0 Å². The largest absolute Gasteiger partial charge is 0.487 e. The van der Waals surface area contributed by atoms with Gasteiger partial charge in [-0.25, -0.2) is 4.98 Å². The minimum Gasteiger partial charge on any atom is -0.487 e. The molecule has 0 spiro atoms. The Bertz CT molecular complexity index is 1410. The summed E-state index contributed by atoms with van der Waals surface area (Å²) in [7, 11) is -9.69. The molecule has 0 N–H and O–H groups in total. The molecule has 36 heavy (non-hydrogen) atoms. The van der Waals surface area contributed by atoms with Gasteiger partial charge in [-0.15, -0.1) is 5.10 Å². The first-order valence-electron chi connectivity index (χ1n) is 10.5. The lowest BCUT2D eigenvalue weighted by Crippen LogP contribution is -2.05. The van der Waals surface area contributed by atoms with Gasteiger partial charge in [-0.2, -0.15) is 0 Å². The van der Waals surface area contributed by atoms with Gasteiger partial charge in [0.05, 0.1) is 12.7 Å². The average Bonchev–Trinajstić information content (AvgIpc) is 3.51. The SMILES string of the molecule is FS(F)(F)(F)(F)c1ccc(/C=C/c2nc(COc3ccc(C#CCCn4ccnn4)cc3)co2)cc1. The summed E-state index contributed by atoms with van der Waals surface area (Å²) < 4.78 is 76.6. The molecule has 6 nitrogen and oxygen atoms in total. The summed E-state index contributed by atoms with van der Waals surface area (Å²) >= 11 is 0. The number of benzene rings is 2. The third-order valence-electron chi connectivity index (χ3n) is 4.73. The first-order chi connectivity index (χ1) is 16.9. The minimum atomic E-state index is -9.69. The van der Waals surface area contributed by atoms with E-state index in [2.05, 4.69) is 27.1 Å². The number of nitrogens with zero attached hydrogens (tertiary/aromatic N) is 4. The van der Waals surface area contributed by atoms with Crippen LogP contribution in [-0.2, 0) is 13.2 Å². The van der Waals surface area contributed by atoms with Crippen molar-refractivity contribution in [3.05, 3.63) is 89.9 Å². The van der Waals surface area contributed by atoms with E-state index in [0.717, 1.165) is 17.7 Å². The van der Waals surface area contributed by atoms with Crippen molar-refractivity contribution in [1.29, 1.82) is 0 Å². The highest BCUT2D eigenvalue weighted by atomic mass is 32.5. The fourth-order valence-corrected chi connectivity index (χ4v) is 3.60. The molecule has 188 valence electrons. The Morgan fingerprint density at radius 3 is 2.39 bits per heavy atom. The fourth-order valence-electron chi connectivity index (χ4n) is 2.95. The number of oxazole rings is 1. The number of hydrogen-bond donors (Lipinski definition) is 0. The molecule has 0 aliphatic rings. The van der Waals surface area contributed by atoms with Gasteiger partial charge in [0, 0.05) is 24.3 Å². The second-order valence-corrected chi connectivity index (χ2v) is 9.99. The van der Waals surface area contributed by atoms with Crippen molar-refractivity contribution < 1.29 is 28.6 Å². The fraction of sp³-hybridized carbons (Fsp3) is 0.125. The lowest BCUT2D eigenvalue weighted by Gasteiger charge is -2.40. The van der Waals surface area contributed by atoms with Crippen LogP contribution in [0.3, 0.4) is 0 Å². The molecular formula is C24H19F5N4O2S. The summed E-state index contributed by atoms with van der Waals surface area (Å²) in [5.41, 5.74) is 1.60. The standard InChI is InChI=1S/C24H19F5N4O2S/c25-36(26,27,28,29)23-11-6-20(7-12-23)8-13-24-31-21(18-35-24)17-34-22-9-4-19(5-10-22)3-1-2-15-33-16-14-30-32-33/h4-14,16,18H,2,15,17H2/b13-8+. The molecule has 0 fully saturated rings. The molecule has 12 heteroatoms. The highest BCUT2D eigenvalue weighted by Gasteiger charge is 2.65. The van der Waals surface area contributed by atoms with Crippen LogP contribution in [0.4, 0.5) is 19.4 Å². The third kappa shape index (κ3) is 7.19. The molecule has 0 aliphatic heterocycles. The van der Waals surface area contributed by atoms with Crippen LogP contribution in [0.2, 0.25) is 0 Å². The maximum Gasteiger partial charge on any atom is 0.310 e. The maximum absolute atomic E-state index is 12.8. The first-order valence-corrected chi connectivity index (χ1v) is 12.4. The highest BCUT2D eigenvalue weighted by molar-refractivity contribution is 8.45. The Balaban J connectivity index is 1.27. The van der Waals surface area contributed by atoms with E-state index in [1.54, 1.807) is 29.2 Å². The zero-order chi connectivity index (χ0) is 25.7. The lowest BCUT2D eigenvalue weighted by atomic mass is 10.2. The molecule has 2 heterocycles. The third-order valence-corrected chi connectivity index (χ3v) is 5.89. The van der Waals surface area contributed by atoms with Crippen molar-refractivity contribution in [2.45, 2.75) is 24.5 Å². The summed E-state index contributed by atoms with van der Waals surface area (Å²) in [4.78, 5) is 2.26. The van der Waals surface area contributed by atoms with E-state index >= 15 is 0 Å². The molecule has 0 atom stereocenters. The Morgan fingerprint density at radius 2 is 1.72 bits per heavy atom. The number of aromatic nitrogens is 4. The van der Waals surface area contributed by atoms with E-state index in [1.807, 2.05) is 12.1 Å². The number of rotatable bonds is 8. The van der Waals surface area contributed by atoms with Crippen molar-refractivity contribution in [2.75, 3.05) is 0 Å². The monoisotopic (exact) mass is 522 g/mol. The van der Waals surface area contributed by atoms with Crippen molar-refractivity contribution in [3.63, 3.8) is 0 Å². The highest BCUT2D eigenvalue weighted by Crippen LogP contribution is 3.02. The van der Waals surface area contributed by atoms with Crippen LogP contribution in [0.15, 0.2) is 76.5 Å². The molecule has 0 bridgehead atoms. The van der Waals surface area contributed by atoms with Gasteiger partial charge < -0.3 is 9.15 Å². The summed E-state index contributed by atoms with van der Waals surface area (Å²) in [6.07, 6.45) is 8.21. The zero-order valence-electron chi connectivity index (χ0n) is 18.5. The predicted octanol–water partition coefficient (Wildman–Crippen LogP) is 7.11. The van der Waals surface area contributed by atoms with Crippen LogP contribution in [0.1, 0.15) is 29.1 Å². The van der Waals surface area contributed by atoms with Crippen molar-refractivity contribution >= 4 is 22.4 Å². The Labute approximate surface area is 203 Å². The first kappa shape index (κ1) is 25.0. The number of halogens is 5. The van der Waals surface area contributed by atoms with Gasteiger partial charge in [-0.1, -0.05) is 48.6 Å². The van der Waals surface area contributed by atoms with Gasteiger partial charge in [-0.3, -0.25) is 4.68 Å². The predicted molar refractivity (Wildman–Crippen MR) is 126 cm³/mol. The molecule has 0 aliphatic carbocycles. The van der Waals surface area contributed by atoms with Gasteiger partial charge in [-0.05, 0) is 48.0 Å². The maximum atomic E-state index is 12.8. The second kappa shape index (κ2) is 9.16.